The van der Waals surface area contributed by atoms with Gasteiger partial charge in [0.25, 0.3) is 0 Å². The van der Waals surface area contributed by atoms with Gasteiger partial charge < -0.3 is 15.9 Å². The Labute approximate surface area is 142 Å². The molecule has 2 aromatic heterocycles. The summed E-state index contributed by atoms with van der Waals surface area (Å²) in [5, 5.41) is 0.944. The summed E-state index contributed by atoms with van der Waals surface area (Å²) in [7, 11) is 0. The quantitative estimate of drug-likeness (QED) is 0.691. The predicted octanol–water partition coefficient (Wildman–Crippen LogP) is 2.19. The van der Waals surface area contributed by atoms with E-state index >= 15 is 0 Å². The van der Waals surface area contributed by atoms with Crippen LogP contribution in [0.1, 0.15) is 22.5 Å². The zero-order valence-electron chi connectivity index (χ0n) is 13.4. The topological polar surface area (TPSA) is 121 Å². The number of hydrogen-bond acceptors (Lipinski definition) is 8. The van der Waals surface area contributed by atoms with Crippen LogP contribution in [0.3, 0.4) is 0 Å². The lowest BCUT2D eigenvalue weighted by Crippen LogP contribution is -2.06. The Hall–Kier alpha value is -2.61. The molecule has 0 unspecified atom stereocenters. The number of rotatable bonds is 4. The largest absolute Gasteiger partial charge is 0.423 e. The first kappa shape index (κ1) is 16.3. The van der Waals surface area contributed by atoms with Gasteiger partial charge >= 0.3 is 5.63 Å². The minimum Gasteiger partial charge on any atom is -0.423 e. The molecule has 0 bridgehead atoms. The van der Waals surface area contributed by atoms with Crippen LogP contribution in [0, 0.1) is 13.8 Å². The van der Waals surface area contributed by atoms with E-state index in [0.29, 0.717) is 22.9 Å². The lowest BCUT2D eigenvalue weighted by molar-refractivity contribution is 0.559. The Morgan fingerprint density at radius 3 is 2.38 bits per heavy atom. The molecule has 0 radical (unpaired) electrons. The van der Waals surface area contributed by atoms with Crippen molar-refractivity contribution in [3.63, 3.8) is 0 Å². The van der Waals surface area contributed by atoms with Crippen LogP contribution in [-0.2, 0) is 11.5 Å². The van der Waals surface area contributed by atoms with Crippen LogP contribution in [0.5, 0.6) is 0 Å². The molecule has 0 atom stereocenters. The van der Waals surface area contributed by atoms with Crippen LogP contribution >= 0.6 is 11.8 Å². The zero-order chi connectivity index (χ0) is 17.3. The molecule has 3 rings (SSSR count). The molecule has 0 saturated carbocycles. The predicted molar refractivity (Wildman–Crippen MR) is 95.6 cm³/mol. The van der Waals surface area contributed by atoms with Gasteiger partial charge in [0.15, 0.2) is 0 Å². The SMILES string of the molecule is Cc1cc2oc(=O)cc(CSCc3nc(N)nc(N)n3)c2cc1C. The standard InChI is InChI=1S/C16H17N5O2S/c1-8-3-11-10(5-14(22)23-12(11)4-9(8)2)6-24-7-13-19-15(17)21-16(18)20-13/h3-5H,6-7H2,1-2H3,(H4,17,18,19,20,21). The van der Waals surface area contributed by atoms with E-state index in [9.17, 15) is 4.79 Å². The highest BCUT2D eigenvalue weighted by Gasteiger charge is 2.09. The fourth-order valence-electron chi connectivity index (χ4n) is 2.38. The molecule has 0 fully saturated rings. The van der Waals surface area contributed by atoms with E-state index in [1.54, 1.807) is 11.8 Å². The molecule has 1 aromatic carbocycles. The molecule has 124 valence electrons. The van der Waals surface area contributed by atoms with Crippen LogP contribution in [0.2, 0.25) is 0 Å². The number of nitrogens with zero attached hydrogens (tertiary/aromatic N) is 3. The lowest BCUT2D eigenvalue weighted by atomic mass is 10.0. The van der Waals surface area contributed by atoms with Crippen LogP contribution in [-0.4, -0.2) is 15.0 Å². The molecule has 24 heavy (non-hydrogen) atoms. The monoisotopic (exact) mass is 343 g/mol. The molecular weight excluding hydrogens is 326 g/mol. The summed E-state index contributed by atoms with van der Waals surface area (Å²) in [6.07, 6.45) is 0. The molecule has 0 saturated heterocycles. The fourth-order valence-corrected chi connectivity index (χ4v) is 3.25. The Bertz CT molecular complexity index is 950. The molecule has 0 aliphatic rings. The van der Waals surface area contributed by atoms with E-state index in [2.05, 4.69) is 15.0 Å². The first-order valence-electron chi connectivity index (χ1n) is 7.30. The van der Waals surface area contributed by atoms with E-state index in [4.69, 9.17) is 15.9 Å². The van der Waals surface area contributed by atoms with E-state index in [1.165, 1.54) is 6.07 Å². The van der Waals surface area contributed by atoms with Crippen molar-refractivity contribution in [2.45, 2.75) is 25.4 Å². The van der Waals surface area contributed by atoms with Gasteiger partial charge in [0, 0.05) is 17.2 Å². The maximum atomic E-state index is 11.8. The van der Waals surface area contributed by atoms with Gasteiger partial charge in [0.05, 0.1) is 5.75 Å². The second-order valence-corrected chi connectivity index (χ2v) is 6.47. The van der Waals surface area contributed by atoms with Gasteiger partial charge in [-0.15, -0.1) is 11.8 Å². The van der Waals surface area contributed by atoms with Crippen LogP contribution in [0.25, 0.3) is 11.0 Å². The number of aromatic nitrogens is 3. The first-order valence-corrected chi connectivity index (χ1v) is 8.45. The van der Waals surface area contributed by atoms with Gasteiger partial charge in [-0.3, -0.25) is 0 Å². The number of thioether (sulfide) groups is 1. The highest BCUT2D eigenvalue weighted by atomic mass is 32.2. The number of fused-ring (bicyclic) bond motifs is 1. The number of hydrogen-bond donors (Lipinski definition) is 2. The third kappa shape index (κ3) is 3.48. The highest BCUT2D eigenvalue weighted by molar-refractivity contribution is 7.97. The Morgan fingerprint density at radius 1 is 1.00 bits per heavy atom. The average molecular weight is 343 g/mol. The molecule has 4 N–H and O–H groups in total. The smallest absolute Gasteiger partial charge is 0.336 e. The van der Waals surface area contributed by atoms with Gasteiger partial charge in [-0.05, 0) is 42.7 Å². The van der Waals surface area contributed by atoms with Gasteiger partial charge in [0.1, 0.15) is 11.4 Å². The van der Waals surface area contributed by atoms with Crippen molar-refractivity contribution in [3.8, 4) is 0 Å². The highest BCUT2D eigenvalue weighted by Crippen LogP contribution is 2.25. The number of benzene rings is 1. The van der Waals surface area contributed by atoms with Crippen molar-refractivity contribution in [1.82, 2.24) is 15.0 Å². The molecular formula is C16H17N5O2S. The average Bonchev–Trinajstić information content (AvgIpc) is 2.48. The van der Waals surface area contributed by atoms with Crippen molar-refractivity contribution in [3.05, 3.63) is 51.1 Å². The molecule has 0 aliphatic heterocycles. The van der Waals surface area contributed by atoms with Gasteiger partial charge in [-0.2, -0.15) is 15.0 Å². The summed E-state index contributed by atoms with van der Waals surface area (Å²) in [6, 6.07) is 5.47. The Kier molecular flexibility index (Phi) is 4.39. The maximum absolute atomic E-state index is 11.8. The molecule has 2 heterocycles. The summed E-state index contributed by atoms with van der Waals surface area (Å²) < 4.78 is 5.30. The molecule has 0 amide bonds. The normalized spacial score (nSPS) is 11.1. The number of anilines is 2. The van der Waals surface area contributed by atoms with Gasteiger partial charge in [-0.25, -0.2) is 4.79 Å². The first-order chi connectivity index (χ1) is 11.4. The summed E-state index contributed by atoms with van der Waals surface area (Å²) in [5.74, 6) is 1.87. The maximum Gasteiger partial charge on any atom is 0.336 e. The summed E-state index contributed by atoms with van der Waals surface area (Å²) >= 11 is 1.57. The minimum absolute atomic E-state index is 0.106. The summed E-state index contributed by atoms with van der Waals surface area (Å²) in [6.45, 7) is 4.03. The van der Waals surface area contributed by atoms with Gasteiger partial charge in [-0.1, -0.05) is 0 Å². The molecule has 0 spiro atoms. The van der Waals surface area contributed by atoms with Crippen molar-refractivity contribution in [2.24, 2.45) is 0 Å². The van der Waals surface area contributed by atoms with Crippen molar-refractivity contribution in [1.29, 1.82) is 0 Å². The number of nitrogens with two attached hydrogens (primary N) is 2. The molecule has 7 nitrogen and oxygen atoms in total. The van der Waals surface area contributed by atoms with Crippen molar-refractivity contribution in [2.75, 3.05) is 11.5 Å². The van der Waals surface area contributed by atoms with Crippen LogP contribution in [0.4, 0.5) is 11.9 Å². The minimum atomic E-state index is -0.352. The van der Waals surface area contributed by atoms with E-state index < -0.39 is 0 Å². The van der Waals surface area contributed by atoms with Crippen LogP contribution in [0.15, 0.2) is 27.4 Å². The Morgan fingerprint density at radius 2 is 1.67 bits per heavy atom. The fraction of sp³-hybridized carbons (Fsp3) is 0.250. The second-order valence-electron chi connectivity index (χ2n) is 5.48. The molecule has 8 heteroatoms. The Balaban J connectivity index is 1.84. The number of nitrogen functional groups attached to an aromatic ring is 2. The third-order valence-corrected chi connectivity index (χ3v) is 4.63. The van der Waals surface area contributed by atoms with E-state index in [0.717, 1.165) is 22.1 Å². The molecule has 3 aromatic rings. The second kappa shape index (κ2) is 6.48. The zero-order valence-corrected chi connectivity index (χ0v) is 14.2. The van der Waals surface area contributed by atoms with E-state index in [-0.39, 0.29) is 17.5 Å². The van der Waals surface area contributed by atoms with Crippen molar-refractivity contribution >= 4 is 34.6 Å². The number of aryl methyl sites for hydroxylation is 2. The van der Waals surface area contributed by atoms with Crippen molar-refractivity contribution < 1.29 is 4.42 Å². The lowest BCUT2D eigenvalue weighted by Gasteiger charge is -2.08. The summed E-state index contributed by atoms with van der Waals surface area (Å²) in [5.41, 5.74) is 14.5. The van der Waals surface area contributed by atoms with E-state index in [1.807, 2.05) is 26.0 Å². The van der Waals surface area contributed by atoms with Gasteiger partial charge in [0.2, 0.25) is 11.9 Å². The third-order valence-electron chi connectivity index (χ3n) is 3.65. The molecule has 0 aliphatic carbocycles. The summed E-state index contributed by atoms with van der Waals surface area (Å²) in [4.78, 5) is 23.6. The van der Waals surface area contributed by atoms with Crippen LogP contribution < -0.4 is 17.1 Å².